The first-order valence-electron chi connectivity index (χ1n) is 6.99. The summed E-state index contributed by atoms with van der Waals surface area (Å²) in [7, 11) is -3.92. The fourth-order valence-corrected chi connectivity index (χ4v) is 4.53. The lowest BCUT2D eigenvalue weighted by Gasteiger charge is -2.30. The number of hydrogen-bond donors (Lipinski definition) is 1. The van der Waals surface area contributed by atoms with Crippen LogP contribution in [0.3, 0.4) is 0 Å². The minimum absolute atomic E-state index is 0.0995. The van der Waals surface area contributed by atoms with Gasteiger partial charge in [0.1, 0.15) is 10.7 Å². The van der Waals surface area contributed by atoms with Crippen molar-refractivity contribution in [1.29, 1.82) is 0 Å². The average Bonchev–Trinajstić information content (AvgIpc) is 2.49. The van der Waals surface area contributed by atoms with E-state index in [0.29, 0.717) is 19.0 Å². The highest BCUT2D eigenvalue weighted by molar-refractivity contribution is 7.89. The zero-order valence-corrected chi connectivity index (χ0v) is 13.4. The number of piperidine rings is 1. The van der Waals surface area contributed by atoms with E-state index in [9.17, 15) is 12.8 Å². The van der Waals surface area contributed by atoms with Crippen LogP contribution in [-0.4, -0.2) is 30.9 Å². The van der Waals surface area contributed by atoms with Crippen LogP contribution in [0.2, 0.25) is 5.02 Å². The van der Waals surface area contributed by atoms with Gasteiger partial charge in [-0.2, -0.15) is 4.31 Å². The molecule has 0 bridgehead atoms. The molecule has 0 atom stereocenters. The van der Waals surface area contributed by atoms with Gasteiger partial charge in [-0.1, -0.05) is 24.9 Å². The number of benzene rings is 1. The van der Waals surface area contributed by atoms with Crippen molar-refractivity contribution in [2.45, 2.75) is 37.7 Å². The van der Waals surface area contributed by atoms with Crippen LogP contribution in [0.25, 0.3) is 0 Å². The summed E-state index contributed by atoms with van der Waals surface area (Å²) in [5.41, 5.74) is -0.107. The number of halogens is 2. The monoisotopic (exact) mass is 335 g/mol. The van der Waals surface area contributed by atoms with Crippen LogP contribution >= 0.6 is 11.6 Å². The lowest BCUT2D eigenvalue weighted by molar-refractivity contribution is 0.266. The number of aliphatic hydroxyl groups excluding tert-OH is 1. The summed E-state index contributed by atoms with van der Waals surface area (Å²) in [6.07, 6.45) is 2.59. The van der Waals surface area contributed by atoms with E-state index in [1.54, 1.807) is 0 Å². The molecule has 0 aromatic heterocycles. The number of sulfonamides is 1. The predicted octanol–water partition coefficient (Wildman–Crippen LogP) is 2.78. The van der Waals surface area contributed by atoms with Gasteiger partial charge in [-0.25, -0.2) is 12.8 Å². The minimum atomic E-state index is -3.92. The van der Waals surface area contributed by atoms with E-state index in [-0.39, 0.29) is 10.6 Å². The van der Waals surface area contributed by atoms with E-state index in [0.717, 1.165) is 25.3 Å². The van der Waals surface area contributed by atoms with Crippen molar-refractivity contribution in [3.05, 3.63) is 28.5 Å². The summed E-state index contributed by atoms with van der Waals surface area (Å²) < 4.78 is 40.7. The van der Waals surface area contributed by atoms with Gasteiger partial charge in [0.15, 0.2) is 0 Å². The van der Waals surface area contributed by atoms with Crippen molar-refractivity contribution < 1.29 is 17.9 Å². The highest BCUT2D eigenvalue weighted by atomic mass is 35.5. The van der Waals surface area contributed by atoms with Gasteiger partial charge in [-0.15, -0.1) is 0 Å². The summed E-state index contributed by atoms with van der Waals surface area (Å²) in [6.45, 7) is 2.27. The molecule has 1 aromatic carbocycles. The van der Waals surface area contributed by atoms with Crippen LogP contribution in [-0.2, 0) is 16.6 Å². The Bertz CT molecular complexity index is 613. The third-order valence-corrected chi connectivity index (χ3v) is 6.13. The number of aliphatic hydroxyl groups is 1. The second-order valence-corrected chi connectivity index (χ2v) is 7.63. The second kappa shape index (κ2) is 6.60. The minimum Gasteiger partial charge on any atom is -0.392 e. The molecular weight excluding hydrogens is 317 g/mol. The zero-order valence-electron chi connectivity index (χ0n) is 11.8. The van der Waals surface area contributed by atoms with Crippen molar-refractivity contribution in [1.82, 2.24) is 4.31 Å². The Morgan fingerprint density at radius 2 is 2.00 bits per heavy atom. The largest absolute Gasteiger partial charge is 0.392 e. The first-order chi connectivity index (χ1) is 9.90. The predicted molar refractivity (Wildman–Crippen MR) is 79.1 cm³/mol. The molecule has 7 heteroatoms. The third-order valence-electron chi connectivity index (χ3n) is 4.02. The highest BCUT2D eigenvalue weighted by Gasteiger charge is 2.32. The van der Waals surface area contributed by atoms with Crippen molar-refractivity contribution in [2.24, 2.45) is 5.92 Å². The van der Waals surface area contributed by atoms with Gasteiger partial charge < -0.3 is 5.11 Å². The Hall–Kier alpha value is -0.690. The summed E-state index contributed by atoms with van der Waals surface area (Å²) in [4.78, 5) is -0.450. The molecule has 1 aliphatic heterocycles. The lowest BCUT2D eigenvalue weighted by Crippen LogP contribution is -2.38. The molecule has 1 N–H and O–H groups in total. The van der Waals surface area contributed by atoms with Gasteiger partial charge in [0, 0.05) is 23.7 Å². The molecule has 2 rings (SSSR count). The van der Waals surface area contributed by atoms with Gasteiger partial charge in [-0.3, -0.25) is 0 Å². The molecule has 0 aliphatic carbocycles. The maximum absolute atomic E-state index is 14.2. The quantitative estimate of drug-likeness (QED) is 0.920. The van der Waals surface area contributed by atoms with E-state index >= 15 is 0 Å². The third kappa shape index (κ3) is 3.39. The van der Waals surface area contributed by atoms with Gasteiger partial charge in [0.05, 0.1) is 6.61 Å². The molecule has 1 aromatic rings. The molecule has 4 nitrogen and oxygen atoms in total. The van der Waals surface area contributed by atoms with Crippen molar-refractivity contribution in [3.8, 4) is 0 Å². The summed E-state index contributed by atoms with van der Waals surface area (Å²) in [6, 6.07) is 2.34. The van der Waals surface area contributed by atoms with Gasteiger partial charge in [-0.05, 0) is 30.9 Å². The first kappa shape index (κ1) is 16.7. The van der Waals surface area contributed by atoms with Gasteiger partial charge in [0.2, 0.25) is 10.0 Å². The Kier molecular flexibility index (Phi) is 5.24. The topological polar surface area (TPSA) is 57.6 Å². The molecule has 1 fully saturated rings. The van der Waals surface area contributed by atoms with Crippen molar-refractivity contribution in [2.75, 3.05) is 13.1 Å². The molecule has 0 radical (unpaired) electrons. The normalized spacial score (nSPS) is 18.1. The molecule has 118 valence electrons. The molecule has 1 heterocycles. The van der Waals surface area contributed by atoms with Crippen LogP contribution in [0.4, 0.5) is 4.39 Å². The van der Waals surface area contributed by atoms with E-state index in [4.69, 9.17) is 16.7 Å². The second-order valence-electron chi connectivity index (χ2n) is 5.29. The number of hydrogen-bond acceptors (Lipinski definition) is 3. The van der Waals surface area contributed by atoms with E-state index < -0.39 is 27.3 Å². The molecule has 0 spiro atoms. The fraction of sp³-hybridized carbons (Fsp3) is 0.571. The van der Waals surface area contributed by atoms with Crippen LogP contribution in [0, 0.1) is 11.7 Å². The van der Waals surface area contributed by atoms with Crippen molar-refractivity contribution >= 4 is 21.6 Å². The SMILES string of the molecule is CCC1CCN(S(=O)(=O)c2cc(Cl)cc(CO)c2F)CC1. The zero-order chi connectivity index (χ0) is 15.6. The van der Waals surface area contributed by atoms with E-state index in [2.05, 4.69) is 6.92 Å². The molecule has 0 amide bonds. The molecule has 0 unspecified atom stereocenters. The maximum atomic E-state index is 14.2. The van der Waals surface area contributed by atoms with E-state index in [1.807, 2.05) is 0 Å². The van der Waals surface area contributed by atoms with Crippen LogP contribution < -0.4 is 0 Å². The average molecular weight is 336 g/mol. The standard InChI is InChI=1S/C14H19ClFNO3S/c1-2-10-3-5-17(6-4-10)21(19,20)13-8-12(15)7-11(9-18)14(13)16/h7-8,10,18H,2-6,9H2,1H3. The summed E-state index contributed by atoms with van der Waals surface area (Å²) >= 11 is 5.83. The van der Waals surface area contributed by atoms with Crippen molar-refractivity contribution in [3.63, 3.8) is 0 Å². The Morgan fingerprint density at radius 1 is 1.38 bits per heavy atom. The lowest BCUT2D eigenvalue weighted by atomic mass is 9.96. The smallest absolute Gasteiger partial charge is 0.246 e. The van der Waals surface area contributed by atoms with Crippen LogP contribution in [0.15, 0.2) is 17.0 Å². The highest BCUT2D eigenvalue weighted by Crippen LogP contribution is 2.29. The molecule has 0 saturated carbocycles. The molecule has 1 aliphatic rings. The molecule has 1 saturated heterocycles. The Labute approximate surface area is 129 Å². The summed E-state index contributed by atoms with van der Waals surface area (Å²) in [5, 5.41) is 9.20. The number of rotatable bonds is 4. The first-order valence-corrected chi connectivity index (χ1v) is 8.80. The van der Waals surface area contributed by atoms with Crippen LogP contribution in [0.5, 0.6) is 0 Å². The number of nitrogens with zero attached hydrogens (tertiary/aromatic N) is 1. The summed E-state index contributed by atoms with van der Waals surface area (Å²) in [5.74, 6) is -0.395. The van der Waals surface area contributed by atoms with E-state index in [1.165, 1.54) is 10.4 Å². The van der Waals surface area contributed by atoms with Gasteiger partial charge in [0.25, 0.3) is 0 Å². The maximum Gasteiger partial charge on any atom is 0.246 e. The molecule has 21 heavy (non-hydrogen) atoms. The molecular formula is C14H19ClFNO3S. The Balaban J connectivity index is 2.34. The fourth-order valence-electron chi connectivity index (χ4n) is 2.62. The van der Waals surface area contributed by atoms with Gasteiger partial charge >= 0.3 is 0 Å². The van der Waals surface area contributed by atoms with Crippen LogP contribution in [0.1, 0.15) is 31.7 Å². The Morgan fingerprint density at radius 3 is 2.52 bits per heavy atom.